The molecule has 0 aliphatic heterocycles. The van der Waals surface area contributed by atoms with Gasteiger partial charge in [0.15, 0.2) is 0 Å². The molecule has 0 saturated heterocycles. The molecule has 0 aliphatic rings. The van der Waals surface area contributed by atoms with E-state index in [1.54, 1.807) is 6.20 Å². The molecule has 90 valence electrons. The lowest BCUT2D eigenvalue weighted by Gasteiger charge is -2.08. The summed E-state index contributed by atoms with van der Waals surface area (Å²) >= 11 is 0. The Morgan fingerprint density at radius 2 is 2.06 bits per heavy atom. The SMILES string of the molecule is CCNc1nccn1-c1ccc2ccccc2n1. The highest BCUT2D eigenvalue weighted by molar-refractivity contribution is 5.79. The molecular formula is C14H14N4. The molecule has 0 amide bonds. The van der Waals surface area contributed by atoms with Crippen LogP contribution in [-0.4, -0.2) is 21.1 Å². The zero-order chi connectivity index (χ0) is 12.4. The topological polar surface area (TPSA) is 42.7 Å². The largest absolute Gasteiger partial charge is 0.356 e. The van der Waals surface area contributed by atoms with Gasteiger partial charge in [-0.05, 0) is 25.1 Å². The van der Waals surface area contributed by atoms with Gasteiger partial charge in [-0.1, -0.05) is 18.2 Å². The second-order valence-electron chi connectivity index (χ2n) is 4.01. The Hall–Kier alpha value is -2.36. The van der Waals surface area contributed by atoms with Crippen LogP contribution in [0.1, 0.15) is 6.92 Å². The number of hydrogen-bond acceptors (Lipinski definition) is 3. The second kappa shape index (κ2) is 4.49. The number of anilines is 1. The van der Waals surface area contributed by atoms with Crippen molar-refractivity contribution in [1.29, 1.82) is 0 Å². The van der Waals surface area contributed by atoms with Crippen LogP contribution in [0.5, 0.6) is 0 Å². The van der Waals surface area contributed by atoms with Crippen LogP contribution in [0.3, 0.4) is 0 Å². The fraction of sp³-hybridized carbons (Fsp3) is 0.143. The van der Waals surface area contributed by atoms with Crippen LogP contribution >= 0.6 is 0 Å². The van der Waals surface area contributed by atoms with Crippen molar-refractivity contribution in [3.63, 3.8) is 0 Å². The molecule has 2 heterocycles. The van der Waals surface area contributed by atoms with E-state index < -0.39 is 0 Å². The van der Waals surface area contributed by atoms with Gasteiger partial charge >= 0.3 is 0 Å². The van der Waals surface area contributed by atoms with Gasteiger partial charge in [0.25, 0.3) is 0 Å². The summed E-state index contributed by atoms with van der Waals surface area (Å²) in [7, 11) is 0. The van der Waals surface area contributed by atoms with Crippen molar-refractivity contribution in [2.24, 2.45) is 0 Å². The lowest BCUT2D eigenvalue weighted by molar-refractivity contribution is 0.986. The summed E-state index contributed by atoms with van der Waals surface area (Å²) in [5, 5.41) is 4.36. The number of imidazole rings is 1. The molecule has 4 nitrogen and oxygen atoms in total. The fourth-order valence-corrected chi connectivity index (χ4v) is 1.97. The standard InChI is InChI=1S/C14H14N4/c1-2-15-14-16-9-10-18(14)13-8-7-11-5-3-4-6-12(11)17-13/h3-10H,2H2,1H3,(H,15,16). The minimum Gasteiger partial charge on any atom is -0.356 e. The maximum absolute atomic E-state index is 4.64. The normalized spacial score (nSPS) is 10.7. The highest BCUT2D eigenvalue weighted by atomic mass is 15.2. The lowest BCUT2D eigenvalue weighted by Crippen LogP contribution is -2.06. The van der Waals surface area contributed by atoms with Crippen LogP contribution in [0.2, 0.25) is 0 Å². The van der Waals surface area contributed by atoms with Crippen molar-refractivity contribution in [2.45, 2.75) is 6.92 Å². The monoisotopic (exact) mass is 238 g/mol. The van der Waals surface area contributed by atoms with Gasteiger partial charge in [-0.2, -0.15) is 0 Å². The van der Waals surface area contributed by atoms with Crippen LogP contribution in [0.4, 0.5) is 5.95 Å². The molecule has 3 aromatic rings. The van der Waals surface area contributed by atoms with Crippen molar-refractivity contribution < 1.29 is 0 Å². The Bertz CT molecular complexity index is 672. The molecule has 0 radical (unpaired) electrons. The lowest BCUT2D eigenvalue weighted by atomic mass is 10.2. The van der Waals surface area contributed by atoms with E-state index in [1.165, 1.54) is 0 Å². The fourth-order valence-electron chi connectivity index (χ4n) is 1.97. The molecule has 0 aliphatic carbocycles. The van der Waals surface area contributed by atoms with E-state index in [0.29, 0.717) is 0 Å². The first-order valence-corrected chi connectivity index (χ1v) is 6.02. The summed E-state index contributed by atoms with van der Waals surface area (Å²) in [4.78, 5) is 8.92. The Morgan fingerprint density at radius 1 is 1.17 bits per heavy atom. The van der Waals surface area contributed by atoms with E-state index in [-0.39, 0.29) is 0 Å². The number of rotatable bonds is 3. The highest BCUT2D eigenvalue weighted by Crippen LogP contribution is 2.17. The number of para-hydroxylation sites is 1. The van der Waals surface area contributed by atoms with Crippen LogP contribution in [0.25, 0.3) is 16.7 Å². The number of pyridine rings is 1. The molecule has 18 heavy (non-hydrogen) atoms. The zero-order valence-corrected chi connectivity index (χ0v) is 10.2. The van der Waals surface area contributed by atoms with Crippen molar-refractivity contribution >= 4 is 16.9 Å². The number of hydrogen-bond donors (Lipinski definition) is 1. The van der Waals surface area contributed by atoms with Gasteiger partial charge in [-0.25, -0.2) is 9.97 Å². The van der Waals surface area contributed by atoms with E-state index in [4.69, 9.17) is 0 Å². The van der Waals surface area contributed by atoms with Crippen molar-refractivity contribution in [2.75, 3.05) is 11.9 Å². The Balaban J connectivity index is 2.10. The molecule has 4 heteroatoms. The number of benzene rings is 1. The van der Waals surface area contributed by atoms with Gasteiger partial charge in [-0.15, -0.1) is 0 Å². The smallest absolute Gasteiger partial charge is 0.208 e. The minimum absolute atomic E-state index is 0.820. The third-order valence-electron chi connectivity index (χ3n) is 2.81. The van der Waals surface area contributed by atoms with Crippen LogP contribution in [0, 0.1) is 0 Å². The van der Waals surface area contributed by atoms with E-state index in [0.717, 1.165) is 29.2 Å². The summed E-state index contributed by atoms with van der Waals surface area (Å²) in [6.45, 7) is 2.89. The van der Waals surface area contributed by atoms with Gasteiger partial charge in [0.2, 0.25) is 5.95 Å². The number of fused-ring (bicyclic) bond motifs is 1. The molecule has 0 bridgehead atoms. The minimum atomic E-state index is 0.820. The molecule has 0 atom stereocenters. The predicted octanol–water partition coefficient (Wildman–Crippen LogP) is 2.85. The Morgan fingerprint density at radius 3 is 2.94 bits per heavy atom. The van der Waals surface area contributed by atoms with Gasteiger partial charge in [0.05, 0.1) is 5.52 Å². The van der Waals surface area contributed by atoms with E-state index >= 15 is 0 Å². The number of aromatic nitrogens is 3. The molecular weight excluding hydrogens is 224 g/mol. The molecule has 1 aromatic carbocycles. The Kier molecular flexibility index (Phi) is 2.68. The van der Waals surface area contributed by atoms with Crippen LogP contribution in [-0.2, 0) is 0 Å². The van der Waals surface area contributed by atoms with E-state index in [2.05, 4.69) is 27.4 Å². The van der Waals surface area contributed by atoms with Crippen molar-refractivity contribution in [3.05, 3.63) is 48.8 Å². The molecule has 0 unspecified atom stereocenters. The molecule has 0 spiro atoms. The predicted molar refractivity (Wildman–Crippen MR) is 73.0 cm³/mol. The van der Waals surface area contributed by atoms with Gasteiger partial charge in [-0.3, -0.25) is 4.57 Å². The Labute approximate surface area is 105 Å². The maximum atomic E-state index is 4.64. The summed E-state index contributed by atoms with van der Waals surface area (Å²) in [5.74, 6) is 1.70. The van der Waals surface area contributed by atoms with Crippen molar-refractivity contribution in [3.8, 4) is 5.82 Å². The zero-order valence-electron chi connectivity index (χ0n) is 10.2. The third-order valence-corrected chi connectivity index (χ3v) is 2.81. The van der Waals surface area contributed by atoms with Crippen molar-refractivity contribution in [1.82, 2.24) is 14.5 Å². The molecule has 2 aromatic heterocycles. The first-order valence-electron chi connectivity index (χ1n) is 6.02. The molecule has 3 rings (SSSR count). The summed E-state index contributed by atoms with van der Waals surface area (Å²) in [6.07, 6.45) is 3.68. The highest BCUT2D eigenvalue weighted by Gasteiger charge is 2.05. The average molecular weight is 238 g/mol. The molecule has 1 N–H and O–H groups in total. The van der Waals surface area contributed by atoms with Gasteiger partial charge < -0.3 is 5.32 Å². The molecule has 0 fully saturated rings. The maximum Gasteiger partial charge on any atom is 0.208 e. The van der Waals surface area contributed by atoms with E-state index in [1.807, 2.05) is 42.0 Å². The summed E-state index contributed by atoms with van der Waals surface area (Å²) in [6, 6.07) is 12.2. The quantitative estimate of drug-likeness (QED) is 0.763. The second-order valence-corrected chi connectivity index (χ2v) is 4.01. The van der Waals surface area contributed by atoms with Gasteiger partial charge in [0, 0.05) is 24.3 Å². The number of nitrogens with zero attached hydrogens (tertiary/aromatic N) is 3. The summed E-state index contributed by atoms with van der Waals surface area (Å²) in [5.41, 5.74) is 0.992. The van der Waals surface area contributed by atoms with Crippen LogP contribution in [0.15, 0.2) is 48.8 Å². The van der Waals surface area contributed by atoms with E-state index in [9.17, 15) is 0 Å². The van der Waals surface area contributed by atoms with Gasteiger partial charge in [0.1, 0.15) is 5.82 Å². The first kappa shape index (κ1) is 10.8. The first-order chi connectivity index (χ1) is 8.88. The summed E-state index contributed by atoms with van der Waals surface area (Å²) < 4.78 is 1.95. The average Bonchev–Trinajstić information content (AvgIpc) is 2.87. The number of nitrogens with one attached hydrogen (secondary N) is 1. The third kappa shape index (κ3) is 1.82. The van der Waals surface area contributed by atoms with Crippen LogP contribution < -0.4 is 5.32 Å². The molecule has 0 saturated carbocycles.